The van der Waals surface area contributed by atoms with Gasteiger partial charge in [-0.25, -0.2) is 4.79 Å². The van der Waals surface area contributed by atoms with Crippen LogP contribution in [-0.4, -0.2) is 46.5 Å². The number of rotatable bonds is 5. The Labute approximate surface area is 92.0 Å². The van der Waals surface area contributed by atoms with Gasteiger partial charge in [-0.2, -0.15) is 5.10 Å². The summed E-state index contributed by atoms with van der Waals surface area (Å²) in [7, 11) is 1.16. The normalized spacial score (nSPS) is 11.9. The molecule has 0 saturated carbocycles. The Hall–Kier alpha value is -1.89. The van der Waals surface area contributed by atoms with E-state index in [4.69, 9.17) is 0 Å². The number of aliphatic hydroxyl groups is 1. The van der Waals surface area contributed by atoms with Crippen LogP contribution in [0.4, 0.5) is 0 Å². The number of hydrogen-bond acceptors (Lipinski definition) is 5. The van der Waals surface area contributed by atoms with Crippen LogP contribution in [0.5, 0.6) is 0 Å². The number of esters is 1. The quantitative estimate of drug-likeness (QED) is 0.599. The molecule has 7 nitrogen and oxygen atoms in total. The summed E-state index contributed by atoms with van der Waals surface area (Å²) in [6, 6.07) is 1.69. The van der Waals surface area contributed by atoms with Crippen LogP contribution >= 0.6 is 0 Å². The van der Waals surface area contributed by atoms with E-state index < -0.39 is 12.1 Å². The molecule has 1 rings (SSSR count). The Kier molecular flexibility index (Phi) is 4.46. The third-order valence-electron chi connectivity index (χ3n) is 1.83. The summed E-state index contributed by atoms with van der Waals surface area (Å²) >= 11 is 0. The van der Waals surface area contributed by atoms with Crippen molar-refractivity contribution in [2.45, 2.75) is 12.6 Å². The fourth-order valence-electron chi connectivity index (χ4n) is 1.03. The molecule has 7 heteroatoms. The van der Waals surface area contributed by atoms with Crippen molar-refractivity contribution < 1.29 is 19.4 Å². The van der Waals surface area contributed by atoms with E-state index in [0.29, 0.717) is 0 Å². The number of carbonyl (C=O) groups excluding carboxylic acids is 2. The summed E-state index contributed by atoms with van der Waals surface area (Å²) in [5.41, 5.74) is 0. The molecule has 0 aromatic carbocycles. The first-order valence-corrected chi connectivity index (χ1v) is 4.63. The molecular weight excluding hydrogens is 214 g/mol. The molecule has 0 aliphatic carbocycles. The minimum atomic E-state index is -1.34. The lowest BCUT2D eigenvalue weighted by Gasteiger charge is -2.09. The lowest BCUT2D eigenvalue weighted by atomic mass is 10.3. The molecule has 1 heterocycles. The van der Waals surface area contributed by atoms with E-state index in [1.165, 1.54) is 4.68 Å². The molecule has 0 aliphatic heterocycles. The van der Waals surface area contributed by atoms with Crippen LogP contribution in [0, 0.1) is 0 Å². The third kappa shape index (κ3) is 3.70. The van der Waals surface area contributed by atoms with E-state index in [1.807, 2.05) is 0 Å². The molecule has 0 bridgehead atoms. The zero-order valence-corrected chi connectivity index (χ0v) is 8.79. The maximum absolute atomic E-state index is 11.3. The Morgan fingerprint density at radius 3 is 2.94 bits per heavy atom. The number of amides is 1. The maximum Gasteiger partial charge on any atom is 0.336 e. The number of ether oxygens (including phenoxy) is 1. The lowest BCUT2D eigenvalue weighted by Crippen LogP contribution is -2.38. The molecule has 2 N–H and O–H groups in total. The van der Waals surface area contributed by atoms with E-state index in [0.717, 1.165) is 7.11 Å². The van der Waals surface area contributed by atoms with Crippen LogP contribution in [0.2, 0.25) is 0 Å². The van der Waals surface area contributed by atoms with E-state index in [9.17, 15) is 14.7 Å². The summed E-state index contributed by atoms with van der Waals surface area (Å²) in [6.45, 7) is -0.131. The first-order valence-electron chi connectivity index (χ1n) is 4.63. The zero-order chi connectivity index (χ0) is 12.0. The summed E-state index contributed by atoms with van der Waals surface area (Å²) in [6.07, 6.45) is 1.85. The summed E-state index contributed by atoms with van der Waals surface area (Å²) in [5, 5.41) is 15.4. The monoisotopic (exact) mass is 227 g/mol. The van der Waals surface area contributed by atoms with Crippen molar-refractivity contribution in [1.82, 2.24) is 15.1 Å². The molecule has 1 unspecified atom stereocenters. The molecule has 1 aromatic rings. The minimum absolute atomic E-state index is 0.0426. The van der Waals surface area contributed by atoms with Gasteiger partial charge < -0.3 is 15.2 Å². The second-order valence-electron chi connectivity index (χ2n) is 3.05. The van der Waals surface area contributed by atoms with Gasteiger partial charge in [-0.05, 0) is 6.07 Å². The average Bonchev–Trinajstić information content (AvgIpc) is 2.77. The smallest absolute Gasteiger partial charge is 0.336 e. The van der Waals surface area contributed by atoms with Gasteiger partial charge in [-0.15, -0.1) is 0 Å². The second kappa shape index (κ2) is 5.86. The van der Waals surface area contributed by atoms with Crippen molar-refractivity contribution in [3.63, 3.8) is 0 Å². The Balaban J connectivity index is 2.28. The Morgan fingerprint density at radius 1 is 1.62 bits per heavy atom. The van der Waals surface area contributed by atoms with Crippen LogP contribution < -0.4 is 5.32 Å². The van der Waals surface area contributed by atoms with Gasteiger partial charge in [-0.3, -0.25) is 9.48 Å². The molecule has 0 spiro atoms. The molecule has 0 radical (unpaired) electrons. The highest BCUT2D eigenvalue weighted by Gasteiger charge is 2.15. The van der Waals surface area contributed by atoms with Gasteiger partial charge in [0.05, 0.1) is 13.7 Å². The molecule has 0 saturated heterocycles. The first kappa shape index (κ1) is 12.2. The molecular formula is C9H13N3O4. The number of hydrogen-bond donors (Lipinski definition) is 2. The minimum Gasteiger partial charge on any atom is -0.467 e. The first-order chi connectivity index (χ1) is 7.63. The molecule has 1 atom stereocenters. The SMILES string of the molecule is COC(=O)C(O)CNC(=O)Cn1cccn1. The molecule has 16 heavy (non-hydrogen) atoms. The maximum atomic E-state index is 11.3. The van der Waals surface area contributed by atoms with Crippen molar-refractivity contribution in [2.24, 2.45) is 0 Å². The number of methoxy groups -OCH3 is 1. The van der Waals surface area contributed by atoms with E-state index in [-0.39, 0.29) is 19.0 Å². The van der Waals surface area contributed by atoms with Gasteiger partial charge in [0.25, 0.3) is 0 Å². The van der Waals surface area contributed by atoms with Crippen LogP contribution in [0.25, 0.3) is 0 Å². The van der Waals surface area contributed by atoms with Crippen molar-refractivity contribution in [3.8, 4) is 0 Å². The molecule has 0 aliphatic rings. The molecule has 1 aromatic heterocycles. The predicted molar refractivity (Wildman–Crippen MR) is 53.3 cm³/mol. The van der Waals surface area contributed by atoms with E-state index in [1.54, 1.807) is 18.5 Å². The Morgan fingerprint density at radius 2 is 2.38 bits per heavy atom. The lowest BCUT2D eigenvalue weighted by molar-refractivity contribution is -0.150. The van der Waals surface area contributed by atoms with Crippen LogP contribution in [-0.2, 0) is 20.9 Å². The topological polar surface area (TPSA) is 93.5 Å². The number of nitrogens with zero attached hydrogens (tertiary/aromatic N) is 2. The van der Waals surface area contributed by atoms with Crippen molar-refractivity contribution in [2.75, 3.05) is 13.7 Å². The van der Waals surface area contributed by atoms with E-state index in [2.05, 4.69) is 15.2 Å². The van der Waals surface area contributed by atoms with Crippen LogP contribution in [0.1, 0.15) is 0 Å². The highest BCUT2D eigenvalue weighted by atomic mass is 16.5. The second-order valence-corrected chi connectivity index (χ2v) is 3.05. The van der Waals surface area contributed by atoms with Gasteiger partial charge in [0.1, 0.15) is 6.54 Å². The highest BCUT2D eigenvalue weighted by molar-refractivity contribution is 5.78. The largest absolute Gasteiger partial charge is 0.467 e. The van der Waals surface area contributed by atoms with Crippen molar-refractivity contribution in [3.05, 3.63) is 18.5 Å². The van der Waals surface area contributed by atoms with E-state index >= 15 is 0 Å². The van der Waals surface area contributed by atoms with Gasteiger partial charge in [0.15, 0.2) is 6.10 Å². The average molecular weight is 227 g/mol. The van der Waals surface area contributed by atoms with Crippen molar-refractivity contribution in [1.29, 1.82) is 0 Å². The molecule has 1 amide bonds. The predicted octanol–water partition coefficient (Wildman–Crippen LogP) is -1.47. The summed E-state index contributed by atoms with van der Waals surface area (Å²) < 4.78 is 5.72. The standard InChI is InChI=1S/C9H13N3O4/c1-16-9(15)7(13)5-10-8(14)6-12-4-2-3-11-12/h2-4,7,13H,5-6H2,1H3,(H,10,14). The van der Waals surface area contributed by atoms with Crippen LogP contribution in [0.3, 0.4) is 0 Å². The zero-order valence-electron chi connectivity index (χ0n) is 8.79. The summed E-state index contributed by atoms with van der Waals surface area (Å²) in [4.78, 5) is 22.1. The van der Waals surface area contributed by atoms with Gasteiger partial charge in [-0.1, -0.05) is 0 Å². The molecule has 88 valence electrons. The van der Waals surface area contributed by atoms with Gasteiger partial charge in [0.2, 0.25) is 5.91 Å². The van der Waals surface area contributed by atoms with Crippen molar-refractivity contribution >= 4 is 11.9 Å². The number of carbonyl (C=O) groups is 2. The van der Waals surface area contributed by atoms with Gasteiger partial charge in [0, 0.05) is 12.4 Å². The molecule has 0 fully saturated rings. The van der Waals surface area contributed by atoms with Gasteiger partial charge >= 0.3 is 5.97 Å². The number of nitrogens with one attached hydrogen (secondary N) is 1. The number of aromatic nitrogens is 2. The number of aliphatic hydroxyl groups excluding tert-OH is 1. The Bertz CT molecular complexity index is 350. The highest BCUT2D eigenvalue weighted by Crippen LogP contribution is 1.87. The fourth-order valence-corrected chi connectivity index (χ4v) is 1.03. The van der Waals surface area contributed by atoms with Crippen LogP contribution in [0.15, 0.2) is 18.5 Å². The third-order valence-corrected chi connectivity index (χ3v) is 1.83. The fraction of sp³-hybridized carbons (Fsp3) is 0.444. The summed E-state index contributed by atoms with van der Waals surface area (Å²) in [5.74, 6) is -1.12.